The van der Waals surface area contributed by atoms with Gasteiger partial charge in [-0.2, -0.15) is 0 Å². The molecule has 0 radical (unpaired) electrons. The molecule has 2 saturated heterocycles. The van der Waals surface area contributed by atoms with Crippen LogP contribution in [0.4, 0.5) is 0 Å². The number of amides is 1. The van der Waals surface area contributed by atoms with Gasteiger partial charge in [-0.05, 0) is 44.2 Å². The minimum absolute atomic E-state index is 0.0793. The first-order valence-electron chi connectivity index (χ1n) is 6.83. The molecule has 3 unspecified atom stereocenters. The van der Waals surface area contributed by atoms with Gasteiger partial charge in [-0.15, -0.1) is 0 Å². The molecule has 4 nitrogen and oxygen atoms in total. The second-order valence-electron chi connectivity index (χ2n) is 5.39. The summed E-state index contributed by atoms with van der Waals surface area (Å²) in [7, 11) is 0. The Labute approximate surface area is 103 Å². The third kappa shape index (κ3) is 3.68. The van der Waals surface area contributed by atoms with Gasteiger partial charge in [-0.1, -0.05) is 6.92 Å². The Hall–Kier alpha value is -0.610. The van der Waals surface area contributed by atoms with Gasteiger partial charge in [0, 0.05) is 13.2 Å². The molecule has 0 aromatic carbocycles. The molecule has 1 amide bonds. The topological polar surface area (TPSA) is 50.4 Å². The predicted molar refractivity (Wildman–Crippen MR) is 66.7 cm³/mol. The summed E-state index contributed by atoms with van der Waals surface area (Å²) >= 11 is 0. The Balaban J connectivity index is 1.71. The van der Waals surface area contributed by atoms with Crippen molar-refractivity contribution in [3.8, 4) is 0 Å². The smallest absolute Gasteiger partial charge is 0.225 e. The average molecular weight is 240 g/mol. The Morgan fingerprint density at radius 3 is 3.06 bits per heavy atom. The molecule has 2 fully saturated rings. The van der Waals surface area contributed by atoms with E-state index in [0.29, 0.717) is 18.4 Å². The lowest BCUT2D eigenvalue weighted by Gasteiger charge is -2.30. The molecule has 0 aromatic rings. The Bertz CT molecular complexity index is 252. The highest BCUT2D eigenvalue weighted by molar-refractivity contribution is 5.78. The largest absolute Gasteiger partial charge is 0.381 e. The minimum Gasteiger partial charge on any atom is -0.381 e. The Morgan fingerprint density at radius 2 is 2.35 bits per heavy atom. The highest BCUT2D eigenvalue weighted by atomic mass is 16.5. The number of piperidine rings is 1. The van der Waals surface area contributed by atoms with Gasteiger partial charge in [0.25, 0.3) is 0 Å². The van der Waals surface area contributed by atoms with E-state index in [1.807, 2.05) is 0 Å². The summed E-state index contributed by atoms with van der Waals surface area (Å²) in [5, 5.41) is 6.49. The molecule has 0 bridgehead atoms. The molecule has 17 heavy (non-hydrogen) atoms. The fourth-order valence-electron chi connectivity index (χ4n) is 2.65. The summed E-state index contributed by atoms with van der Waals surface area (Å²) in [6.45, 7) is 6.65. The summed E-state index contributed by atoms with van der Waals surface area (Å²) in [6.07, 6.45) is 3.21. The van der Waals surface area contributed by atoms with E-state index < -0.39 is 0 Å². The fraction of sp³-hybridized carbons (Fsp3) is 0.923. The van der Waals surface area contributed by atoms with E-state index in [2.05, 4.69) is 17.6 Å². The average Bonchev–Trinajstić information content (AvgIpc) is 2.38. The molecule has 3 atom stereocenters. The highest BCUT2D eigenvalue weighted by Crippen LogP contribution is 2.18. The van der Waals surface area contributed by atoms with Gasteiger partial charge < -0.3 is 15.4 Å². The molecule has 2 N–H and O–H groups in total. The van der Waals surface area contributed by atoms with E-state index >= 15 is 0 Å². The van der Waals surface area contributed by atoms with E-state index in [4.69, 9.17) is 4.74 Å². The van der Waals surface area contributed by atoms with E-state index in [-0.39, 0.29) is 11.8 Å². The van der Waals surface area contributed by atoms with Gasteiger partial charge in [0.15, 0.2) is 0 Å². The summed E-state index contributed by atoms with van der Waals surface area (Å²) in [6, 6.07) is 0. The van der Waals surface area contributed by atoms with Crippen molar-refractivity contribution in [2.75, 3.05) is 32.8 Å². The van der Waals surface area contributed by atoms with Crippen molar-refractivity contribution in [3.05, 3.63) is 0 Å². The van der Waals surface area contributed by atoms with Crippen molar-refractivity contribution >= 4 is 5.91 Å². The third-order valence-electron chi connectivity index (χ3n) is 4.06. The number of carbonyl (C=O) groups is 1. The zero-order chi connectivity index (χ0) is 12.1. The molecule has 4 heteroatoms. The van der Waals surface area contributed by atoms with E-state index in [1.54, 1.807) is 0 Å². The van der Waals surface area contributed by atoms with Crippen molar-refractivity contribution in [1.82, 2.24) is 10.6 Å². The number of nitrogens with one attached hydrogen (secondary N) is 2. The quantitative estimate of drug-likeness (QED) is 0.766. The van der Waals surface area contributed by atoms with Crippen LogP contribution in [0.1, 0.15) is 26.2 Å². The maximum Gasteiger partial charge on any atom is 0.225 e. The highest BCUT2D eigenvalue weighted by Gasteiger charge is 2.25. The molecule has 0 aromatic heterocycles. The molecule has 0 aliphatic carbocycles. The van der Waals surface area contributed by atoms with Crippen LogP contribution in [0.25, 0.3) is 0 Å². The fourth-order valence-corrected chi connectivity index (χ4v) is 2.65. The lowest BCUT2D eigenvalue weighted by Crippen LogP contribution is -2.44. The predicted octanol–water partition coefficient (Wildman–Crippen LogP) is 0.775. The summed E-state index contributed by atoms with van der Waals surface area (Å²) < 4.78 is 5.34. The molecule has 2 aliphatic heterocycles. The SMILES string of the molecule is CC1CCNCC1CNC(=O)C1CCCOC1. The molecule has 2 aliphatic rings. The van der Waals surface area contributed by atoms with Crippen LogP contribution < -0.4 is 10.6 Å². The van der Waals surface area contributed by atoms with Crippen molar-refractivity contribution < 1.29 is 9.53 Å². The van der Waals surface area contributed by atoms with Crippen molar-refractivity contribution in [2.45, 2.75) is 26.2 Å². The second kappa shape index (κ2) is 6.36. The van der Waals surface area contributed by atoms with Gasteiger partial charge in [0.05, 0.1) is 12.5 Å². The molecule has 2 heterocycles. The molecule has 98 valence electrons. The molecular formula is C13H24N2O2. The summed E-state index contributed by atoms with van der Waals surface area (Å²) in [5.41, 5.74) is 0. The van der Waals surface area contributed by atoms with Gasteiger partial charge in [0.1, 0.15) is 0 Å². The van der Waals surface area contributed by atoms with E-state index in [1.165, 1.54) is 6.42 Å². The van der Waals surface area contributed by atoms with Crippen LogP contribution in [-0.4, -0.2) is 38.8 Å². The molecule has 0 saturated carbocycles. The zero-order valence-corrected chi connectivity index (χ0v) is 10.7. The van der Waals surface area contributed by atoms with Crippen molar-refractivity contribution in [2.24, 2.45) is 17.8 Å². The van der Waals surface area contributed by atoms with Crippen molar-refractivity contribution in [3.63, 3.8) is 0 Å². The van der Waals surface area contributed by atoms with Crippen LogP contribution in [0, 0.1) is 17.8 Å². The Morgan fingerprint density at radius 1 is 1.47 bits per heavy atom. The number of ether oxygens (including phenoxy) is 1. The van der Waals surface area contributed by atoms with Crippen LogP contribution in [0.15, 0.2) is 0 Å². The summed E-state index contributed by atoms with van der Waals surface area (Å²) in [4.78, 5) is 11.9. The zero-order valence-electron chi connectivity index (χ0n) is 10.7. The first-order chi connectivity index (χ1) is 8.27. The minimum atomic E-state index is 0.0793. The van der Waals surface area contributed by atoms with E-state index in [0.717, 1.165) is 39.1 Å². The summed E-state index contributed by atoms with van der Waals surface area (Å²) in [5.74, 6) is 1.55. The van der Waals surface area contributed by atoms with Gasteiger partial charge >= 0.3 is 0 Å². The Kier molecular flexibility index (Phi) is 4.80. The van der Waals surface area contributed by atoms with Gasteiger partial charge in [-0.25, -0.2) is 0 Å². The number of carbonyl (C=O) groups excluding carboxylic acids is 1. The first-order valence-corrected chi connectivity index (χ1v) is 6.83. The molecule has 2 rings (SSSR count). The first kappa shape index (κ1) is 12.8. The van der Waals surface area contributed by atoms with Crippen molar-refractivity contribution in [1.29, 1.82) is 0 Å². The molecular weight excluding hydrogens is 216 g/mol. The second-order valence-corrected chi connectivity index (χ2v) is 5.39. The van der Waals surface area contributed by atoms with Crippen LogP contribution >= 0.6 is 0 Å². The normalized spacial score (nSPS) is 34.3. The lowest BCUT2D eigenvalue weighted by atomic mass is 9.88. The number of hydrogen-bond donors (Lipinski definition) is 2. The van der Waals surface area contributed by atoms with Crippen LogP contribution in [0.3, 0.4) is 0 Å². The third-order valence-corrected chi connectivity index (χ3v) is 4.06. The standard InChI is InChI=1S/C13H24N2O2/c1-10-4-5-14-7-12(10)8-15-13(16)11-3-2-6-17-9-11/h10-12,14H,2-9H2,1H3,(H,15,16). The lowest BCUT2D eigenvalue weighted by molar-refractivity contribution is -0.129. The van der Waals surface area contributed by atoms with Crippen LogP contribution in [0.5, 0.6) is 0 Å². The maximum absolute atomic E-state index is 11.9. The number of hydrogen-bond acceptors (Lipinski definition) is 3. The number of rotatable bonds is 3. The molecule has 0 spiro atoms. The monoisotopic (exact) mass is 240 g/mol. The van der Waals surface area contributed by atoms with Crippen LogP contribution in [0.2, 0.25) is 0 Å². The van der Waals surface area contributed by atoms with Crippen LogP contribution in [-0.2, 0) is 9.53 Å². The van der Waals surface area contributed by atoms with E-state index in [9.17, 15) is 4.79 Å². The van der Waals surface area contributed by atoms with Gasteiger partial charge in [0.2, 0.25) is 5.91 Å². The van der Waals surface area contributed by atoms with Gasteiger partial charge in [-0.3, -0.25) is 4.79 Å². The maximum atomic E-state index is 11.9.